The number of nitrogens with zero attached hydrogens (tertiary/aromatic N) is 3. The van der Waals surface area contributed by atoms with E-state index in [9.17, 15) is 9.59 Å². The van der Waals surface area contributed by atoms with E-state index in [1.165, 1.54) is 7.11 Å². The number of hydrogen-bond acceptors (Lipinski definition) is 6. The predicted molar refractivity (Wildman–Crippen MR) is 91.8 cm³/mol. The van der Waals surface area contributed by atoms with Gasteiger partial charge in [0.1, 0.15) is 5.76 Å². The molecule has 1 N–H and O–H groups in total. The monoisotopic (exact) mass is 344 g/mol. The highest BCUT2D eigenvalue weighted by Gasteiger charge is 2.22. The number of ether oxygens (including phenoxy) is 1. The number of carbonyl (C=O) groups excluding carboxylic acids is 2. The van der Waals surface area contributed by atoms with Crippen LogP contribution in [0, 0.1) is 6.92 Å². The number of carbonyl (C=O) groups is 2. The van der Waals surface area contributed by atoms with Crippen molar-refractivity contribution in [1.29, 1.82) is 0 Å². The molecule has 0 bridgehead atoms. The van der Waals surface area contributed by atoms with Crippen molar-refractivity contribution in [2.45, 2.75) is 6.92 Å². The quantitative estimate of drug-likeness (QED) is 0.858. The van der Waals surface area contributed by atoms with Gasteiger partial charge in [-0.3, -0.25) is 5.32 Å². The van der Waals surface area contributed by atoms with Crippen LogP contribution >= 0.6 is 0 Å². The summed E-state index contributed by atoms with van der Waals surface area (Å²) < 4.78 is 9.69. The molecule has 2 heterocycles. The van der Waals surface area contributed by atoms with E-state index in [2.05, 4.69) is 15.4 Å². The summed E-state index contributed by atoms with van der Waals surface area (Å²) >= 11 is 0. The van der Waals surface area contributed by atoms with Crippen LogP contribution in [0.15, 0.2) is 34.9 Å². The van der Waals surface area contributed by atoms with Crippen molar-refractivity contribution >= 4 is 23.5 Å². The van der Waals surface area contributed by atoms with Crippen LogP contribution in [0.25, 0.3) is 0 Å². The van der Waals surface area contributed by atoms with Crippen LogP contribution in [0.3, 0.4) is 0 Å². The summed E-state index contributed by atoms with van der Waals surface area (Å²) in [4.78, 5) is 27.8. The Morgan fingerprint density at radius 1 is 1.20 bits per heavy atom. The molecule has 1 fully saturated rings. The number of rotatable bonds is 3. The second-order valence-electron chi connectivity index (χ2n) is 5.77. The summed E-state index contributed by atoms with van der Waals surface area (Å²) in [6.45, 7) is 4.27. The van der Waals surface area contributed by atoms with Gasteiger partial charge in [-0.25, -0.2) is 9.59 Å². The molecule has 8 heteroatoms. The number of anilines is 2. The van der Waals surface area contributed by atoms with E-state index >= 15 is 0 Å². The van der Waals surface area contributed by atoms with Gasteiger partial charge in [-0.15, -0.1) is 0 Å². The number of nitrogens with one attached hydrogen (secondary N) is 1. The minimum Gasteiger partial charge on any atom is -0.465 e. The zero-order chi connectivity index (χ0) is 17.8. The first-order valence-electron chi connectivity index (χ1n) is 7.99. The average molecular weight is 344 g/mol. The van der Waals surface area contributed by atoms with Crippen LogP contribution in [0.2, 0.25) is 0 Å². The maximum atomic E-state index is 12.3. The SMILES string of the molecule is COC(=O)c1cccc(N2CCN(C(=O)Nc3cc(C)on3)CC2)c1. The Kier molecular flexibility index (Phi) is 4.87. The minimum absolute atomic E-state index is 0.198. The van der Waals surface area contributed by atoms with Gasteiger partial charge in [0, 0.05) is 37.9 Å². The summed E-state index contributed by atoms with van der Waals surface area (Å²) in [5.74, 6) is 0.698. The third kappa shape index (κ3) is 3.90. The molecule has 1 aromatic heterocycles. The van der Waals surface area contributed by atoms with Gasteiger partial charge in [-0.2, -0.15) is 0 Å². The Hall–Kier alpha value is -3.03. The van der Waals surface area contributed by atoms with E-state index in [4.69, 9.17) is 9.26 Å². The average Bonchev–Trinajstić information content (AvgIpc) is 3.06. The summed E-state index contributed by atoms with van der Waals surface area (Å²) in [7, 11) is 1.36. The van der Waals surface area contributed by atoms with E-state index in [1.54, 1.807) is 30.0 Å². The second-order valence-corrected chi connectivity index (χ2v) is 5.77. The normalized spacial score (nSPS) is 14.3. The Morgan fingerprint density at radius 2 is 1.96 bits per heavy atom. The number of benzene rings is 1. The highest BCUT2D eigenvalue weighted by Crippen LogP contribution is 2.19. The Labute approximate surface area is 145 Å². The molecule has 1 aliphatic heterocycles. The van der Waals surface area contributed by atoms with E-state index in [0.29, 0.717) is 43.3 Å². The van der Waals surface area contributed by atoms with Gasteiger partial charge in [0.2, 0.25) is 0 Å². The molecule has 2 aromatic rings. The molecule has 1 aliphatic rings. The van der Waals surface area contributed by atoms with Gasteiger partial charge < -0.3 is 19.1 Å². The molecule has 8 nitrogen and oxygen atoms in total. The first kappa shape index (κ1) is 16.8. The third-order valence-electron chi connectivity index (χ3n) is 4.06. The van der Waals surface area contributed by atoms with Gasteiger partial charge in [0.05, 0.1) is 12.7 Å². The van der Waals surface area contributed by atoms with Crippen molar-refractivity contribution in [2.24, 2.45) is 0 Å². The van der Waals surface area contributed by atoms with E-state index in [0.717, 1.165) is 5.69 Å². The number of aromatic nitrogens is 1. The van der Waals surface area contributed by atoms with Crippen molar-refractivity contribution in [3.05, 3.63) is 41.7 Å². The van der Waals surface area contributed by atoms with E-state index < -0.39 is 0 Å². The topological polar surface area (TPSA) is 87.9 Å². The molecule has 3 rings (SSSR count). The van der Waals surface area contributed by atoms with Crippen LogP contribution in [0.1, 0.15) is 16.1 Å². The Bertz CT molecular complexity index is 766. The molecule has 132 valence electrons. The standard InChI is InChI=1S/C17H20N4O4/c1-12-10-15(19-25-12)18-17(23)21-8-6-20(7-9-21)14-5-3-4-13(11-14)16(22)24-2/h3-5,10-11H,6-9H2,1-2H3,(H,18,19,23). The molecular formula is C17H20N4O4. The second kappa shape index (κ2) is 7.25. The van der Waals surface area contributed by atoms with Crippen molar-refractivity contribution in [3.8, 4) is 0 Å². The summed E-state index contributed by atoms with van der Waals surface area (Å²) in [6, 6.07) is 8.77. The van der Waals surface area contributed by atoms with Crippen LogP contribution in [0.4, 0.5) is 16.3 Å². The molecule has 0 saturated carbocycles. The first-order valence-corrected chi connectivity index (χ1v) is 7.99. The lowest BCUT2D eigenvalue weighted by Crippen LogP contribution is -2.50. The van der Waals surface area contributed by atoms with Crippen LogP contribution < -0.4 is 10.2 Å². The Balaban J connectivity index is 1.58. The molecule has 1 saturated heterocycles. The van der Waals surface area contributed by atoms with Crippen LogP contribution in [-0.4, -0.2) is 55.3 Å². The molecular weight excluding hydrogens is 324 g/mol. The van der Waals surface area contributed by atoms with Gasteiger partial charge in [-0.1, -0.05) is 11.2 Å². The lowest BCUT2D eigenvalue weighted by Gasteiger charge is -2.36. The van der Waals surface area contributed by atoms with Crippen LogP contribution in [0.5, 0.6) is 0 Å². The molecule has 2 amide bonds. The molecule has 0 radical (unpaired) electrons. The maximum Gasteiger partial charge on any atom is 0.337 e. The fraction of sp³-hybridized carbons (Fsp3) is 0.353. The maximum absolute atomic E-state index is 12.3. The number of piperazine rings is 1. The summed E-state index contributed by atoms with van der Waals surface area (Å²) in [5, 5.41) is 6.48. The highest BCUT2D eigenvalue weighted by atomic mass is 16.5. The Morgan fingerprint density at radius 3 is 2.60 bits per heavy atom. The molecule has 1 aromatic carbocycles. The van der Waals surface area contributed by atoms with E-state index in [-0.39, 0.29) is 12.0 Å². The number of hydrogen-bond donors (Lipinski definition) is 1. The number of aryl methyl sites for hydroxylation is 1. The number of methoxy groups -OCH3 is 1. The molecule has 0 atom stereocenters. The lowest BCUT2D eigenvalue weighted by molar-refractivity contribution is 0.0600. The van der Waals surface area contributed by atoms with Gasteiger partial charge in [0.15, 0.2) is 5.82 Å². The summed E-state index contributed by atoms with van der Waals surface area (Å²) in [6.07, 6.45) is 0. The molecule has 0 spiro atoms. The number of esters is 1. The van der Waals surface area contributed by atoms with Gasteiger partial charge >= 0.3 is 12.0 Å². The van der Waals surface area contributed by atoms with Crippen molar-refractivity contribution < 1.29 is 18.8 Å². The number of amides is 2. The van der Waals surface area contributed by atoms with Crippen LogP contribution in [-0.2, 0) is 4.74 Å². The zero-order valence-corrected chi connectivity index (χ0v) is 14.2. The molecule has 25 heavy (non-hydrogen) atoms. The fourth-order valence-electron chi connectivity index (χ4n) is 2.73. The van der Waals surface area contributed by atoms with Crippen molar-refractivity contribution in [1.82, 2.24) is 10.1 Å². The predicted octanol–water partition coefficient (Wildman–Crippen LogP) is 2.12. The number of urea groups is 1. The highest BCUT2D eigenvalue weighted by molar-refractivity contribution is 5.90. The zero-order valence-electron chi connectivity index (χ0n) is 14.2. The molecule has 0 aliphatic carbocycles. The van der Waals surface area contributed by atoms with Gasteiger partial charge in [0.25, 0.3) is 0 Å². The largest absolute Gasteiger partial charge is 0.465 e. The fourth-order valence-corrected chi connectivity index (χ4v) is 2.73. The smallest absolute Gasteiger partial charge is 0.337 e. The minimum atomic E-state index is -0.359. The summed E-state index contributed by atoms with van der Waals surface area (Å²) in [5.41, 5.74) is 1.46. The van der Waals surface area contributed by atoms with Crippen molar-refractivity contribution in [3.63, 3.8) is 0 Å². The first-order chi connectivity index (χ1) is 12.1. The molecule has 0 unspecified atom stereocenters. The van der Waals surface area contributed by atoms with Gasteiger partial charge in [-0.05, 0) is 25.1 Å². The van der Waals surface area contributed by atoms with Crippen molar-refractivity contribution in [2.75, 3.05) is 43.5 Å². The lowest BCUT2D eigenvalue weighted by atomic mass is 10.1. The third-order valence-corrected chi connectivity index (χ3v) is 4.06. The van der Waals surface area contributed by atoms with E-state index in [1.807, 2.05) is 12.1 Å².